The maximum Gasteiger partial charge on any atom is 0.303 e. The Hall–Kier alpha value is -1.59. The summed E-state index contributed by atoms with van der Waals surface area (Å²) in [6.45, 7) is 2.78. The average Bonchev–Trinajstić information content (AvgIpc) is 2.46. The van der Waals surface area contributed by atoms with Gasteiger partial charge in [-0.1, -0.05) is 19.1 Å². The highest BCUT2D eigenvalue weighted by Gasteiger charge is 2.21. The molecule has 0 radical (unpaired) electrons. The second-order valence-corrected chi connectivity index (χ2v) is 4.71. The molecule has 0 saturated heterocycles. The Labute approximate surface area is 119 Å². The number of hydrogen-bond donors (Lipinski definition) is 3. The van der Waals surface area contributed by atoms with Gasteiger partial charge in [-0.2, -0.15) is 0 Å². The van der Waals surface area contributed by atoms with Crippen molar-refractivity contribution in [3.05, 3.63) is 29.8 Å². The molecular weight excluding hydrogens is 258 g/mol. The lowest BCUT2D eigenvalue weighted by Gasteiger charge is -2.24. The zero-order chi connectivity index (χ0) is 15.0. The SMILES string of the molecule is CCCNC(CCC(=O)O)C(O)c1ccc(OC)cc1. The molecule has 3 N–H and O–H groups in total. The first kappa shape index (κ1) is 16.5. The smallest absolute Gasteiger partial charge is 0.303 e. The van der Waals surface area contributed by atoms with E-state index < -0.39 is 12.1 Å². The van der Waals surface area contributed by atoms with Gasteiger partial charge < -0.3 is 20.3 Å². The van der Waals surface area contributed by atoms with Crippen LogP contribution >= 0.6 is 0 Å². The molecule has 2 atom stereocenters. The van der Waals surface area contributed by atoms with Gasteiger partial charge in [-0.25, -0.2) is 0 Å². The third-order valence-electron chi connectivity index (χ3n) is 3.16. The van der Waals surface area contributed by atoms with E-state index in [1.165, 1.54) is 0 Å². The van der Waals surface area contributed by atoms with Crippen LogP contribution in [0.5, 0.6) is 5.75 Å². The summed E-state index contributed by atoms with van der Waals surface area (Å²) < 4.78 is 5.08. The minimum Gasteiger partial charge on any atom is -0.497 e. The summed E-state index contributed by atoms with van der Waals surface area (Å²) in [5, 5.41) is 22.4. The first-order valence-corrected chi connectivity index (χ1v) is 6.85. The molecule has 0 bridgehead atoms. The maximum absolute atomic E-state index is 10.7. The van der Waals surface area contributed by atoms with Gasteiger partial charge in [0.15, 0.2) is 0 Å². The fourth-order valence-corrected chi connectivity index (χ4v) is 2.01. The van der Waals surface area contributed by atoms with Crippen molar-refractivity contribution < 1.29 is 19.7 Å². The third kappa shape index (κ3) is 5.19. The van der Waals surface area contributed by atoms with Gasteiger partial charge in [0, 0.05) is 12.5 Å². The van der Waals surface area contributed by atoms with Crippen molar-refractivity contribution in [3.63, 3.8) is 0 Å². The van der Waals surface area contributed by atoms with Crippen LogP contribution in [0.2, 0.25) is 0 Å². The van der Waals surface area contributed by atoms with Crippen LogP contribution in [0.15, 0.2) is 24.3 Å². The Morgan fingerprint density at radius 1 is 1.35 bits per heavy atom. The molecule has 0 spiro atoms. The number of carboxylic acids is 1. The highest BCUT2D eigenvalue weighted by atomic mass is 16.5. The largest absolute Gasteiger partial charge is 0.497 e. The molecule has 5 nitrogen and oxygen atoms in total. The van der Waals surface area contributed by atoms with Gasteiger partial charge in [0.1, 0.15) is 5.75 Å². The number of carbonyl (C=O) groups is 1. The van der Waals surface area contributed by atoms with Gasteiger partial charge in [-0.05, 0) is 37.1 Å². The highest BCUT2D eigenvalue weighted by Crippen LogP contribution is 2.22. The second-order valence-electron chi connectivity index (χ2n) is 4.71. The van der Waals surface area contributed by atoms with Crippen molar-refractivity contribution in [1.82, 2.24) is 5.32 Å². The average molecular weight is 281 g/mol. The minimum atomic E-state index is -0.852. The molecule has 0 aliphatic rings. The number of carboxylic acid groups (broad SMARTS) is 1. The lowest BCUT2D eigenvalue weighted by Crippen LogP contribution is -2.36. The Bertz CT molecular complexity index is 405. The number of aliphatic hydroxyl groups excluding tert-OH is 1. The summed E-state index contributed by atoms with van der Waals surface area (Å²) in [7, 11) is 1.59. The number of benzene rings is 1. The zero-order valence-corrected chi connectivity index (χ0v) is 12.0. The Balaban J connectivity index is 2.73. The van der Waals surface area contributed by atoms with Crippen molar-refractivity contribution in [3.8, 4) is 5.75 Å². The van der Waals surface area contributed by atoms with Crippen LogP contribution in [0.4, 0.5) is 0 Å². The lowest BCUT2D eigenvalue weighted by molar-refractivity contribution is -0.137. The van der Waals surface area contributed by atoms with Crippen LogP contribution in [0.3, 0.4) is 0 Å². The van der Waals surface area contributed by atoms with Crippen LogP contribution in [-0.2, 0) is 4.79 Å². The Kier molecular flexibility index (Phi) is 7.04. The van der Waals surface area contributed by atoms with Gasteiger partial charge in [0.2, 0.25) is 0 Å². The van der Waals surface area contributed by atoms with Crippen molar-refractivity contribution >= 4 is 5.97 Å². The van der Waals surface area contributed by atoms with E-state index in [0.717, 1.165) is 24.3 Å². The van der Waals surface area contributed by atoms with Crippen molar-refractivity contribution in [2.24, 2.45) is 0 Å². The zero-order valence-electron chi connectivity index (χ0n) is 12.0. The molecule has 112 valence electrons. The predicted molar refractivity (Wildman–Crippen MR) is 76.9 cm³/mol. The predicted octanol–water partition coefficient (Wildman–Crippen LogP) is 1.96. The van der Waals surface area contributed by atoms with Crippen molar-refractivity contribution in [2.45, 2.75) is 38.3 Å². The molecule has 0 aromatic heterocycles. The fraction of sp³-hybridized carbons (Fsp3) is 0.533. The molecule has 1 aromatic rings. The summed E-state index contributed by atoms with van der Waals surface area (Å²) in [4.78, 5) is 10.7. The molecular formula is C15H23NO4. The normalized spacial score (nSPS) is 13.8. The van der Waals surface area contributed by atoms with Crippen LogP contribution in [0.25, 0.3) is 0 Å². The van der Waals surface area contributed by atoms with Crippen molar-refractivity contribution in [1.29, 1.82) is 0 Å². The van der Waals surface area contributed by atoms with E-state index in [1.54, 1.807) is 31.4 Å². The number of aliphatic carboxylic acids is 1. The number of rotatable bonds is 9. The van der Waals surface area contributed by atoms with E-state index in [4.69, 9.17) is 9.84 Å². The first-order valence-electron chi connectivity index (χ1n) is 6.85. The van der Waals surface area contributed by atoms with E-state index in [0.29, 0.717) is 6.42 Å². The topological polar surface area (TPSA) is 78.8 Å². The molecule has 0 fully saturated rings. The van der Waals surface area contributed by atoms with Crippen molar-refractivity contribution in [2.75, 3.05) is 13.7 Å². The number of methoxy groups -OCH3 is 1. The standard InChI is InChI=1S/C15H23NO4/c1-3-10-16-13(8-9-14(17)18)15(19)11-4-6-12(20-2)7-5-11/h4-7,13,15-16,19H,3,8-10H2,1-2H3,(H,17,18). The van der Waals surface area contributed by atoms with Gasteiger partial charge in [0.25, 0.3) is 0 Å². The number of hydrogen-bond acceptors (Lipinski definition) is 4. The van der Waals surface area contributed by atoms with Gasteiger partial charge in [0.05, 0.1) is 13.2 Å². The van der Waals surface area contributed by atoms with Crippen LogP contribution in [-0.4, -0.2) is 35.9 Å². The number of nitrogens with one attached hydrogen (secondary N) is 1. The molecule has 1 aromatic carbocycles. The first-order chi connectivity index (χ1) is 9.58. The summed E-state index contributed by atoms with van der Waals surface area (Å²) in [5.74, 6) is -0.125. The molecule has 5 heteroatoms. The molecule has 1 rings (SSSR count). The summed E-state index contributed by atoms with van der Waals surface area (Å²) in [6, 6.07) is 6.90. The molecule has 20 heavy (non-hydrogen) atoms. The lowest BCUT2D eigenvalue weighted by atomic mass is 9.98. The highest BCUT2D eigenvalue weighted by molar-refractivity contribution is 5.66. The second kappa shape index (κ2) is 8.55. The number of aliphatic hydroxyl groups is 1. The maximum atomic E-state index is 10.7. The molecule has 0 aliphatic carbocycles. The van der Waals surface area contributed by atoms with E-state index in [-0.39, 0.29) is 12.5 Å². The van der Waals surface area contributed by atoms with Gasteiger partial charge in [-0.3, -0.25) is 4.79 Å². The summed E-state index contributed by atoms with van der Waals surface area (Å²) in [6.07, 6.45) is 0.627. The Morgan fingerprint density at radius 2 is 2.00 bits per heavy atom. The summed E-state index contributed by atoms with van der Waals surface area (Å²) in [5.41, 5.74) is 0.754. The van der Waals surface area contributed by atoms with Crippen LogP contribution < -0.4 is 10.1 Å². The monoisotopic (exact) mass is 281 g/mol. The molecule has 0 heterocycles. The molecule has 0 amide bonds. The van der Waals surface area contributed by atoms with Gasteiger partial charge in [-0.15, -0.1) is 0 Å². The van der Waals surface area contributed by atoms with Crippen LogP contribution in [0.1, 0.15) is 37.9 Å². The quantitative estimate of drug-likeness (QED) is 0.645. The minimum absolute atomic E-state index is 0.0363. The van der Waals surface area contributed by atoms with E-state index in [1.807, 2.05) is 6.92 Å². The van der Waals surface area contributed by atoms with Crippen LogP contribution in [0, 0.1) is 0 Å². The van der Waals surface area contributed by atoms with E-state index in [2.05, 4.69) is 5.32 Å². The molecule has 0 saturated carbocycles. The Morgan fingerprint density at radius 3 is 2.50 bits per heavy atom. The summed E-state index contributed by atoms with van der Waals surface area (Å²) >= 11 is 0. The van der Waals surface area contributed by atoms with E-state index in [9.17, 15) is 9.90 Å². The van der Waals surface area contributed by atoms with E-state index >= 15 is 0 Å². The molecule has 0 aliphatic heterocycles. The fourth-order valence-electron chi connectivity index (χ4n) is 2.01. The number of ether oxygens (including phenoxy) is 1. The molecule has 2 unspecified atom stereocenters. The third-order valence-corrected chi connectivity index (χ3v) is 3.16. The van der Waals surface area contributed by atoms with Gasteiger partial charge >= 0.3 is 5.97 Å².